The molecule has 2 aromatic rings. The number of aliphatic hydroxyl groups is 1. The van der Waals surface area contributed by atoms with Gasteiger partial charge in [0.05, 0.1) is 23.7 Å². The van der Waals surface area contributed by atoms with Crippen LogP contribution in [0.2, 0.25) is 0 Å². The van der Waals surface area contributed by atoms with Gasteiger partial charge in [0.25, 0.3) is 0 Å². The molecule has 2 rings (SSSR count). The quantitative estimate of drug-likeness (QED) is 0.826. The first-order chi connectivity index (χ1) is 7.31. The Kier molecular flexibility index (Phi) is 2.78. The number of hydrogen-bond donors (Lipinski definition) is 1. The summed E-state index contributed by atoms with van der Waals surface area (Å²) >= 11 is 0. The first-order valence-corrected chi connectivity index (χ1v) is 4.95. The van der Waals surface area contributed by atoms with Crippen LogP contribution in [-0.2, 0) is 0 Å². The summed E-state index contributed by atoms with van der Waals surface area (Å²) in [5, 5.41) is 13.7. The zero-order valence-corrected chi connectivity index (χ0v) is 8.54. The molecule has 0 aliphatic heterocycles. The van der Waals surface area contributed by atoms with Crippen LogP contribution in [0.25, 0.3) is 5.69 Å². The largest absolute Gasteiger partial charge is 0.387 e. The van der Waals surface area contributed by atoms with Crippen molar-refractivity contribution < 1.29 is 5.11 Å². The van der Waals surface area contributed by atoms with E-state index in [1.807, 2.05) is 31.3 Å². The molecule has 0 aromatic carbocycles. The second-order valence-corrected chi connectivity index (χ2v) is 3.32. The summed E-state index contributed by atoms with van der Waals surface area (Å²) in [6.45, 7) is 1.92. The fourth-order valence-electron chi connectivity index (χ4n) is 1.36. The van der Waals surface area contributed by atoms with E-state index in [1.165, 1.54) is 0 Å². The van der Waals surface area contributed by atoms with Crippen molar-refractivity contribution in [3.05, 3.63) is 42.5 Å². The summed E-state index contributed by atoms with van der Waals surface area (Å²) in [6.07, 6.45) is 5.48. The van der Waals surface area contributed by atoms with Gasteiger partial charge >= 0.3 is 0 Å². The van der Waals surface area contributed by atoms with Crippen molar-refractivity contribution in [2.45, 2.75) is 19.4 Å². The monoisotopic (exact) mass is 203 g/mol. The molecule has 0 amide bonds. The Bertz CT molecular complexity index is 408. The Morgan fingerprint density at radius 3 is 2.87 bits per heavy atom. The highest BCUT2D eigenvalue weighted by Crippen LogP contribution is 2.14. The van der Waals surface area contributed by atoms with Crippen molar-refractivity contribution in [2.24, 2.45) is 0 Å². The third kappa shape index (κ3) is 2.05. The average molecular weight is 203 g/mol. The van der Waals surface area contributed by atoms with Gasteiger partial charge in [-0.15, -0.1) is 0 Å². The number of nitrogens with zero attached hydrogens (tertiary/aromatic N) is 3. The number of aromatic nitrogens is 3. The van der Waals surface area contributed by atoms with Gasteiger partial charge < -0.3 is 5.11 Å². The van der Waals surface area contributed by atoms with Gasteiger partial charge in [-0.2, -0.15) is 5.10 Å². The van der Waals surface area contributed by atoms with Gasteiger partial charge in [-0.25, -0.2) is 4.68 Å². The van der Waals surface area contributed by atoms with Crippen LogP contribution < -0.4 is 0 Å². The van der Waals surface area contributed by atoms with Gasteiger partial charge in [0.2, 0.25) is 0 Å². The fraction of sp³-hybridized carbons (Fsp3) is 0.273. The van der Waals surface area contributed by atoms with E-state index >= 15 is 0 Å². The van der Waals surface area contributed by atoms with Gasteiger partial charge in [0, 0.05) is 12.4 Å². The molecule has 0 aliphatic rings. The molecule has 15 heavy (non-hydrogen) atoms. The zero-order valence-electron chi connectivity index (χ0n) is 8.54. The summed E-state index contributed by atoms with van der Waals surface area (Å²) < 4.78 is 1.73. The third-order valence-electron chi connectivity index (χ3n) is 2.27. The van der Waals surface area contributed by atoms with Crippen molar-refractivity contribution in [3.63, 3.8) is 0 Å². The summed E-state index contributed by atoms with van der Waals surface area (Å²) in [5.74, 6) is 0. The van der Waals surface area contributed by atoms with E-state index in [9.17, 15) is 5.11 Å². The predicted molar refractivity (Wildman–Crippen MR) is 56.6 cm³/mol. The van der Waals surface area contributed by atoms with E-state index < -0.39 is 6.10 Å². The van der Waals surface area contributed by atoms with Crippen molar-refractivity contribution >= 4 is 0 Å². The van der Waals surface area contributed by atoms with Crippen LogP contribution in [0.15, 0.2) is 36.8 Å². The standard InChI is InChI=1S/C11H13N3O/c1-2-11(15)10-5-4-9(8-12-10)14-7-3-6-13-14/h3-8,11,15H,2H2,1H3. The predicted octanol–water partition coefficient (Wildman–Crippen LogP) is 1.71. The Labute approximate surface area is 88.2 Å². The van der Waals surface area contributed by atoms with Crippen molar-refractivity contribution in [1.82, 2.24) is 14.8 Å². The smallest absolute Gasteiger partial charge is 0.0957 e. The molecule has 0 saturated carbocycles. The molecule has 0 spiro atoms. The first kappa shape index (κ1) is 9.86. The second-order valence-electron chi connectivity index (χ2n) is 3.32. The number of aliphatic hydroxyl groups excluding tert-OH is 1. The minimum absolute atomic E-state index is 0.475. The lowest BCUT2D eigenvalue weighted by atomic mass is 10.2. The van der Waals surface area contributed by atoms with E-state index in [4.69, 9.17) is 0 Å². The van der Waals surface area contributed by atoms with Crippen LogP contribution in [0, 0.1) is 0 Å². The highest BCUT2D eigenvalue weighted by atomic mass is 16.3. The molecule has 0 radical (unpaired) electrons. The van der Waals surface area contributed by atoms with Crippen LogP contribution in [0.5, 0.6) is 0 Å². The minimum Gasteiger partial charge on any atom is -0.387 e. The maximum Gasteiger partial charge on any atom is 0.0957 e. The number of hydrogen-bond acceptors (Lipinski definition) is 3. The number of pyridine rings is 1. The van der Waals surface area contributed by atoms with E-state index in [-0.39, 0.29) is 0 Å². The Morgan fingerprint density at radius 2 is 2.33 bits per heavy atom. The molecule has 0 aliphatic carbocycles. The lowest BCUT2D eigenvalue weighted by Gasteiger charge is -2.07. The minimum atomic E-state index is -0.475. The van der Waals surface area contributed by atoms with E-state index in [2.05, 4.69) is 10.1 Å². The van der Waals surface area contributed by atoms with Crippen LogP contribution in [0.3, 0.4) is 0 Å². The Hall–Kier alpha value is -1.68. The Balaban J connectivity index is 2.25. The van der Waals surface area contributed by atoms with Gasteiger partial charge in [-0.05, 0) is 24.6 Å². The third-order valence-corrected chi connectivity index (χ3v) is 2.27. The second kappa shape index (κ2) is 4.23. The molecule has 2 aromatic heterocycles. The highest BCUT2D eigenvalue weighted by molar-refractivity contribution is 5.28. The molecule has 1 atom stereocenters. The molecule has 1 unspecified atom stereocenters. The molecule has 0 bridgehead atoms. The van der Waals surface area contributed by atoms with E-state index in [0.717, 1.165) is 5.69 Å². The highest BCUT2D eigenvalue weighted by Gasteiger charge is 2.05. The molecular weight excluding hydrogens is 190 g/mol. The van der Waals surface area contributed by atoms with Crippen molar-refractivity contribution in [1.29, 1.82) is 0 Å². The van der Waals surface area contributed by atoms with Gasteiger partial charge in [-0.3, -0.25) is 4.98 Å². The zero-order chi connectivity index (χ0) is 10.7. The molecule has 4 nitrogen and oxygen atoms in total. The normalized spacial score (nSPS) is 12.7. The molecule has 78 valence electrons. The fourth-order valence-corrected chi connectivity index (χ4v) is 1.36. The van der Waals surface area contributed by atoms with E-state index in [1.54, 1.807) is 17.1 Å². The molecule has 0 saturated heterocycles. The van der Waals surface area contributed by atoms with Crippen LogP contribution in [0.1, 0.15) is 25.1 Å². The first-order valence-electron chi connectivity index (χ1n) is 4.95. The SMILES string of the molecule is CCC(O)c1ccc(-n2cccn2)cn1. The van der Waals surface area contributed by atoms with Gasteiger partial charge in [0.15, 0.2) is 0 Å². The summed E-state index contributed by atoms with van der Waals surface area (Å²) in [6, 6.07) is 5.58. The molecule has 0 fully saturated rings. The maximum absolute atomic E-state index is 9.57. The van der Waals surface area contributed by atoms with Crippen molar-refractivity contribution in [2.75, 3.05) is 0 Å². The topological polar surface area (TPSA) is 50.9 Å². The summed E-state index contributed by atoms with van der Waals surface area (Å²) in [7, 11) is 0. The van der Waals surface area contributed by atoms with Gasteiger partial charge in [0.1, 0.15) is 0 Å². The molecule has 4 heteroatoms. The molecule has 1 N–H and O–H groups in total. The summed E-state index contributed by atoms with van der Waals surface area (Å²) in [4.78, 5) is 4.19. The maximum atomic E-state index is 9.57. The van der Waals surface area contributed by atoms with Gasteiger partial charge in [-0.1, -0.05) is 6.92 Å². The van der Waals surface area contributed by atoms with E-state index in [0.29, 0.717) is 12.1 Å². The summed E-state index contributed by atoms with van der Waals surface area (Å²) in [5.41, 5.74) is 1.60. The molecular formula is C11H13N3O. The van der Waals surface area contributed by atoms with Crippen molar-refractivity contribution in [3.8, 4) is 5.69 Å². The van der Waals surface area contributed by atoms with Crippen LogP contribution in [-0.4, -0.2) is 19.9 Å². The average Bonchev–Trinajstić information content (AvgIpc) is 2.82. The Morgan fingerprint density at radius 1 is 1.47 bits per heavy atom. The number of rotatable bonds is 3. The van der Waals surface area contributed by atoms with Crippen LogP contribution >= 0.6 is 0 Å². The molecule has 2 heterocycles. The lowest BCUT2D eigenvalue weighted by Crippen LogP contribution is -2.01. The lowest BCUT2D eigenvalue weighted by molar-refractivity contribution is 0.169. The van der Waals surface area contributed by atoms with Crippen LogP contribution in [0.4, 0.5) is 0 Å².